The maximum atomic E-state index is 13.3. The summed E-state index contributed by atoms with van der Waals surface area (Å²) < 4.78 is 56.3. The van der Waals surface area contributed by atoms with Crippen molar-refractivity contribution in [2.24, 2.45) is 5.73 Å². The van der Waals surface area contributed by atoms with Gasteiger partial charge >= 0.3 is 6.18 Å². The number of halogens is 3. The number of nitrogens with zero attached hydrogens (tertiary/aromatic N) is 3. The third-order valence-electron chi connectivity index (χ3n) is 6.29. The van der Waals surface area contributed by atoms with Crippen molar-refractivity contribution in [3.8, 4) is 17.2 Å². The number of hydrogen-bond acceptors (Lipinski definition) is 8. The molecule has 1 atom stereocenters. The number of aryl methyl sites for hydroxylation is 1. The third-order valence-corrected chi connectivity index (χ3v) is 6.29. The number of rotatable bonds is 6. The summed E-state index contributed by atoms with van der Waals surface area (Å²) in [6.45, 7) is 1.78. The second-order valence-corrected chi connectivity index (χ2v) is 8.85. The summed E-state index contributed by atoms with van der Waals surface area (Å²) in [6.07, 6.45) is -0.883. The van der Waals surface area contributed by atoms with Crippen molar-refractivity contribution in [3.05, 3.63) is 58.4 Å². The van der Waals surface area contributed by atoms with Gasteiger partial charge in [0.25, 0.3) is 5.91 Å². The molecule has 4 aromatic rings. The van der Waals surface area contributed by atoms with Gasteiger partial charge in [0, 0.05) is 22.9 Å². The van der Waals surface area contributed by atoms with Crippen molar-refractivity contribution in [1.29, 1.82) is 0 Å². The standard InChI is InChI=1S/C25H24F3N5O4/c1-12(29)22-21(23(34)30-11-16-15-5-3-4-6-17(15)37-33-16)32-24(36-22)14-7-9-18(35-2)20-13(14)8-10-19(31-20)25(26,27)28/h7-10,12H,3-6,11,29H2,1-2H3,(H,30,34)/t12-/m0/s1. The van der Waals surface area contributed by atoms with Crippen LogP contribution in [0.25, 0.3) is 22.4 Å². The van der Waals surface area contributed by atoms with Crippen LogP contribution in [0.15, 0.2) is 33.2 Å². The fraction of sp³-hybridized carbons (Fsp3) is 0.360. The number of ether oxygens (including phenoxy) is 1. The van der Waals surface area contributed by atoms with Crippen molar-refractivity contribution in [3.63, 3.8) is 0 Å². The number of methoxy groups -OCH3 is 1. The van der Waals surface area contributed by atoms with E-state index in [4.69, 9.17) is 19.4 Å². The topological polar surface area (TPSA) is 129 Å². The van der Waals surface area contributed by atoms with Crippen LogP contribution in [-0.4, -0.2) is 28.1 Å². The van der Waals surface area contributed by atoms with Gasteiger partial charge in [-0.3, -0.25) is 4.79 Å². The Morgan fingerprint density at radius 1 is 1.19 bits per heavy atom. The molecular formula is C25H24F3N5O4. The van der Waals surface area contributed by atoms with E-state index in [0.717, 1.165) is 43.1 Å². The van der Waals surface area contributed by atoms with Gasteiger partial charge in [0.15, 0.2) is 11.5 Å². The molecule has 0 bridgehead atoms. The van der Waals surface area contributed by atoms with E-state index < -0.39 is 23.8 Å². The minimum absolute atomic E-state index is 0.0165. The molecule has 0 radical (unpaired) electrons. The molecule has 0 saturated carbocycles. The van der Waals surface area contributed by atoms with Crippen LogP contribution < -0.4 is 15.8 Å². The van der Waals surface area contributed by atoms with Crippen LogP contribution in [0.1, 0.15) is 64.8 Å². The summed E-state index contributed by atoms with van der Waals surface area (Å²) in [6, 6.07) is 4.50. The number of pyridine rings is 1. The first-order valence-corrected chi connectivity index (χ1v) is 11.7. The summed E-state index contributed by atoms with van der Waals surface area (Å²) in [5.41, 5.74) is 6.98. The minimum atomic E-state index is -4.63. The van der Waals surface area contributed by atoms with Crippen LogP contribution in [0.3, 0.4) is 0 Å². The highest BCUT2D eigenvalue weighted by Gasteiger charge is 2.33. The number of nitrogens with two attached hydrogens (primary N) is 1. The van der Waals surface area contributed by atoms with E-state index in [-0.39, 0.29) is 35.2 Å². The summed E-state index contributed by atoms with van der Waals surface area (Å²) in [7, 11) is 1.34. The lowest BCUT2D eigenvalue weighted by Crippen LogP contribution is -2.26. The van der Waals surface area contributed by atoms with E-state index >= 15 is 0 Å². The highest BCUT2D eigenvalue weighted by Crippen LogP contribution is 2.37. The largest absolute Gasteiger partial charge is 0.494 e. The number of carbonyl (C=O) groups excluding carboxylic acids is 1. The molecule has 1 aromatic carbocycles. The molecule has 194 valence electrons. The lowest BCUT2D eigenvalue weighted by molar-refractivity contribution is -0.140. The van der Waals surface area contributed by atoms with Crippen LogP contribution >= 0.6 is 0 Å². The van der Waals surface area contributed by atoms with Crippen molar-refractivity contribution in [1.82, 2.24) is 20.4 Å². The van der Waals surface area contributed by atoms with Gasteiger partial charge in [-0.1, -0.05) is 5.16 Å². The Bertz CT molecular complexity index is 1480. The predicted molar refractivity (Wildman–Crippen MR) is 126 cm³/mol. The summed E-state index contributed by atoms with van der Waals surface area (Å²) in [5.74, 6) is 0.635. The quantitative estimate of drug-likeness (QED) is 0.377. The Morgan fingerprint density at radius 2 is 1.97 bits per heavy atom. The number of amides is 1. The SMILES string of the molecule is COc1ccc(-c2nc(C(=O)NCc3noc4c3CCCC4)c([C@H](C)N)o2)c2ccc(C(F)(F)F)nc12. The molecule has 9 nitrogen and oxygen atoms in total. The molecule has 3 heterocycles. The summed E-state index contributed by atoms with van der Waals surface area (Å²) in [4.78, 5) is 21.2. The number of aromatic nitrogens is 3. The van der Waals surface area contributed by atoms with Crippen molar-refractivity contribution >= 4 is 16.8 Å². The lowest BCUT2D eigenvalue weighted by Gasteiger charge is -2.11. The second kappa shape index (κ2) is 9.51. The summed E-state index contributed by atoms with van der Waals surface area (Å²) >= 11 is 0. The van der Waals surface area contributed by atoms with Gasteiger partial charge in [-0.15, -0.1) is 0 Å². The molecule has 5 rings (SSSR count). The van der Waals surface area contributed by atoms with E-state index in [9.17, 15) is 18.0 Å². The highest BCUT2D eigenvalue weighted by molar-refractivity contribution is 5.98. The summed E-state index contributed by atoms with van der Waals surface area (Å²) in [5, 5.41) is 7.20. The van der Waals surface area contributed by atoms with Gasteiger partial charge in [0.1, 0.15) is 28.4 Å². The Balaban J connectivity index is 1.49. The molecule has 3 N–H and O–H groups in total. The molecule has 1 amide bonds. The molecule has 0 fully saturated rings. The van der Waals surface area contributed by atoms with Gasteiger partial charge in [-0.05, 0) is 50.5 Å². The highest BCUT2D eigenvalue weighted by atomic mass is 19.4. The molecule has 3 aromatic heterocycles. The van der Waals surface area contributed by atoms with Crippen LogP contribution in [0.4, 0.5) is 13.2 Å². The molecule has 0 saturated heterocycles. The van der Waals surface area contributed by atoms with Gasteiger partial charge in [0.05, 0.1) is 19.7 Å². The Morgan fingerprint density at radius 3 is 2.70 bits per heavy atom. The maximum Gasteiger partial charge on any atom is 0.433 e. The van der Waals surface area contributed by atoms with Crippen LogP contribution in [-0.2, 0) is 25.6 Å². The van der Waals surface area contributed by atoms with Gasteiger partial charge in [-0.2, -0.15) is 13.2 Å². The first-order chi connectivity index (χ1) is 17.7. The number of fused-ring (bicyclic) bond motifs is 2. The third kappa shape index (κ3) is 4.64. The van der Waals surface area contributed by atoms with Crippen molar-refractivity contribution in [2.45, 2.75) is 51.4 Å². The zero-order valence-electron chi connectivity index (χ0n) is 20.1. The van der Waals surface area contributed by atoms with Crippen LogP contribution in [0.2, 0.25) is 0 Å². The minimum Gasteiger partial charge on any atom is -0.494 e. The zero-order chi connectivity index (χ0) is 26.3. The number of benzene rings is 1. The fourth-order valence-electron chi connectivity index (χ4n) is 4.46. The number of carbonyl (C=O) groups is 1. The molecule has 12 heteroatoms. The molecular weight excluding hydrogens is 491 g/mol. The van der Waals surface area contributed by atoms with E-state index in [1.807, 2.05) is 0 Å². The molecule has 0 aliphatic heterocycles. The predicted octanol–water partition coefficient (Wildman–Crippen LogP) is 4.73. The molecule has 0 unspecified atom stereocenters. The van der Waals surface area contributed by atoms with Crippen LogP contribution in [0, 0.1) is 0 Å². The fourth-order valence-corrected chi connectivity index (χ4v) is 4.46. The average Bonchev–Trinajstić information content (AvgIpc) is 3.51. The Hall–Kier alpha value is -3.93. The van der Waals surface area contributed by atoms with E-state index in [2.05, 4.69) is 20.4 Å². The Labute approximate surface area is 209 Å². The zero-order valence-corrected chi connectivity index (χ0v) is 20.1. The van der Waals surface area contributed by atoms with E-state index in [0.29, 0.717) is 16.6 Å². The number of alkyl halides is 3. The van der Waals surface area contributed by atoms with Gasteiger partial charge in [0.2, 0.25) is 5.89 Å². The molecule has 1 aliphatic carbocycles. The first-order valence-electron chi connectivity index (χ1n) is 11.7. The number of oxazole rings is 1. The van der Waals surface area contributed by atoms with E-state index in [1.165, 1.54) is 19.2 Å². The monoisotopic (exact) mass is 515 g/mol. The molecule has 37 heavy (non-hydrogen) atoms. The van der Waals surface area contributed by atoms with Gasteiger partial charge in [-0.25, -0.2) is 9.97 Å². The smallest absolute Gasteiger partial charge is 0.433 e. The normalized spacial score (nSPS) is 14.4. The number of hydrogen-bond donors (Lipinski definition) is 2. The van der Waals surface area contributed by atoms with Crippen molar-refractivity contribution < 1.29 is 31.6 Å². The molecule has 1 aliphatic rings. The maximum absolute atomic E-state index is 13.3. The van der Waals surface area contributed by atoms with Gasteiger partial charge < -0.3 is 24.7 Å². The number of nitrogens with one attached hydrogen (secondary N) is 1. The second-order valence-electron chi connectivity index (χ2n) is 8.85. The Kier molecular flexibility index (Phi) is 6.36. The van der Waals surface area contributed by atoms with E-state index in [1.54, 1.807) is 13.0 Å². The van der Waals surface area contributed by atoms with Crippen LogP contribution in [0.5, 0.6) is 5.75 Å². The first kappa shape index (κ1) is 24.8. The average molecular weight is 515 g/mol. The lowest BCUT2D eigenvalue weighted by atomic mass is 9.96. The molecule has 0 spiro atoms. The van der Waals surface area contributed by atoms with Crippen molar-refractivity contribution in [2.75, 3.05) is 7.11 Å².